The number of aromatic nitrogens is 2. The molecule has 0 fully saturated rings. The molecular weight excluding hydrogens is 342 g/mol. The van der Waals surface area contributed by atoms with E-state index in [1.165, 1.54) is 6.20 Å². The third kappa shape index (κ3) is 4.41. The maximum atomic E-state index is 12.3. The van der Waals surface area contributed by atoms with E-state index in [4.69, 9.17) is 9.47 Å². The lowest BCUT2D eigenvalue weighted by molar-refractivity contribution is 0.0526. The van der Waals surface area contributed by atoms with Crippen LogP contribution in [0.4, 0.5) is 5.82 Å². The summed E-state index contributed by atoms with van der Waals surface area (Å²) in [5, 5.41) is 3.22. The first-order valence-corrected chi connectivity index (χ1v) is 8.68. The second kappa shape index (κ2) is 8.80. The van der Waals surface area contributed by atoms with Crippen LogP contribution in [0.1, 0.15) is 22.8 Å². The third-order valence-corrected chi connectivity index (χ3v) is 3.93. The van der Waals surface area contributed by atoms with Gasteiger partial charge in [0.25, 0.3) is 0 Å². The molecule has 0 unspecified atom stereocenters. The first-order valence-electron chi connectivity index (χ1n) is 8.68. The standard InChI is InChI=1S/C21H21N3O3/c1-3-27-21(25)17-14-23-19(16-11-7-8-12-18(16)26-2)24-20(17)22-13-15-9-5-4-6-10-15/h4-12,14H,3,13H2,1-2H3,(H,22,23,24). The number of rotatable bonds is 7. The Morgan fingerprint density at radius 2 is 1.81 bits per heavy atom. The topological polar surface area (TPSA) is 73.3 Å². The van der Waals surface area contributed by atoms with Crippen LogP contribution in [0.25, 0.3) is 11.4 Å². The van der Waals surface area contributed by atoms with E-state index in [0.717, 1.165) is 11.1 Å². The van der Waals surface area contributed by atoms with Crippen LogP contribution < -0.4 is 10.1 Å². The van der Waals surface area contributed by atoms with E-state index >= 15 is 0 Å². The molecule has 6 heteroatoms. The van der Waals surface area contributed by atoms with E-state index in [-0.39, 0.29) is 6.61 Å². The number of methoxy groups -OCH3 is 1. The number of carbonyl (C=O) groups excluding carboxylic acids is 1. The van der Waals surface area contributed by atoms with Gasteiger partial charge in [-0.05, 0) is 24.6 Å². The van der Waals surface area contributed by atoms with E-state index in [2.05, 4.69) is 15.3 Å². The third-order valence-electron chi connectivity index (χ3n) is 3.93. The van der Waals surface area contributed by atoms with E-state index in [1.54, 1.807) is 14.0 Å². The van der Waals surface area contributed by atoms with Crippen molar-refractivity contribution in [2.45, 2.75) is 13.5 Å². The minimum atomic E-state index is -0.459. The van der Waals surface area contributed by atoms with Gasteiger partial charge >= 0.3 is 5.97 Å². The number of esters is 1. The fourth-order valence-electron chi connectivity index (χ4n) is 2.62. The Morgan fingerprint density at radius 1 is 1.07 bits per heavy atom. The summed E-state index contributed by atoms with van der Waals surface area (Å²) in [5.41, 5.74) is 2.12. The van der Waals surface area contributed by atoms with Crippen molar-refractivity contribution in [2.75, 3.05) is 19.0 Å². The maximum Gasteiger partial charge on any atom is 0.343 e. The molecular formula is C21H21N3O3. The van der Waals surface area contributed by atoms with Gasteiger partial charge < -0.3 is 14.8 Å². The van der Waals surface area contributed by atoms with Crippen molar-refractivity contribution in [3.8, 4) is 17.1 Å². The summed E-state index contributed by atoms with van der Waals surface area (Å²) in [6, 6.07) is 17.4. The number of ether oxygens (including phenoxy) is 2. The first-order chi connectivity index (χ1) is 13.2. The average Bonchev–Trinajstić information content (AvgIpc) is 2.73. The number of nitrogens with one attached hydrogen (secondary N) is 1. The zero-order valence-electron chi connectivity index (χ0n) is 15.3. The monoisotopic (exact) mass is 363 g/mol. The molecule has 6 nitrogen and oxygen atoms in total. The second-order valence-corrected chi connectivity index (χ2v) is 5.72. The van der Waals surface area contributed by atoms with Crippen molar-refractivity contribution in [1.82, 2.24) is 9.97 Å². The van der Waals surface area contributed by atoms with Gasteiger partial charge in [0.1, 0.15) is 17.1 Å². The lowest BCUT2D eigenvalue weighted by Crippen LogP contribution is -2.13. The number of para-hydroxylation sites is 1. The Balaban J connectivity index is 1.97. The highest BCUT2D eigenvalue weighted by Crippen LogP contribution is 2.28. The average molecular weight is 363 g/mol. The zero-order valence-corrected chi connectivity index (χ0v) is 15.3. The molecule has 0 amide bonds. The van der Waals surface area contributed by atoms with Crippen LogP contribution >= 0.6 is 0 Å². The molecule has 0 radical (unpaired) electrons. The molecule has 3 aromatic rings. The molecule has 2 aromatic carbocycles. The van der Waals surface area contributed by atoms with Crippen molar-refractivity contribution in [3.05, 3.63) is 71.9 Å². The quantitative estimate of drug-likeness (QED) is 0.641. The summed E-state index contributed by atoms with van der Waals surface area (Å²) in [5.74, 6) is 1.10. The number of benzene rings is 2. The molecule has 0 aliphatic rings. The number of carbonyl (C=O) groups is 1. The lowest BCUT2D eigenvalue weighted by Gasteiger charge is -2.13. The Hall–Kier alpha value is -3.41. The molecule has 0 saturated heterocycles. The maximum absolute atomic E-state index is 12.3. The van der Waals surface area contributed by atoms with Crippen molar-refractivity contribution in [1.29, 1.82) is 0 Å². The van der Waals surface area contributed by atoms with Gasteiger partial charge in [0.15, 0.2) is 5.82 Å². The van der Waals surface area contributed by atoms with Gasteiger partial charge in [-0.3, -0.25) is 0 Å². The van der Waals surface area contributed by atoms with Gasteiger partial charge in [-0.2, -0.15) is 0 Å². The van der Waals surface area contributed by atoms with Crippen molar-refractivity contribution < 1.29 is 14.3 Å². The van der Waals surface area contributed by atoms with E-state index in [1.807, 2.05) is 54.6 Å². The molecule has 1 heterocycles. The Bertz CT molecular complexity index is 914. The summed E-state index contributed by atoms with van der Waals surface area (Å²) in [4.78, 5) is 21.2. The molecule has 0 bridgehead atoms. The molecule has 0 spiro atoms. The molecule has 1 aromatic heterocycles. The molecule has 1 N–H and O–H groups in total. The predicted octanol–water partition coefficient (Wildman–Crippen LogP) is 3.94. The highest BCUT2D eigenvalue weighted by atomic mass is 16.5. The molecule has 27 heavy (non-hydrogen) atoms. The number of hydrogen-bond donors (Lipinski definition) is 1. The highest BCUT2D eigenvalue weighted by molar-refractivity contribution is 5.94. The molecule has 0 aliphatic heterocycles. The van der Waals surface area contributed by atoms with Crippen LogP contribution in [0.15, 0.2) is 60.8 Å². The van der Waals surface area contributed by atoms with Gasteiger partial charge in [0.05, 0.1) is 19.3 Å². The van der Waals surface area contributed by atoms with Crippen LogP contribution in [0.5, 0.6) is 5.75 Å². The summed E-state index contributed by atoms with van der Waals surface area (Å²) in [7, 11) is 1.60. The Morgan fingerprint density at radius 3 is 2.56 bits per heavy atom. The van der Waals surface area contributed by atoms with Crippen LogP contribution in [0.2, 0.25) is 0 Å². The van der Waals surface area contributed by atoms with Gasteiger partial charge in [-0.1, -0.05) is 42.5 Å². The van der Waals surface area contributed by atoms with E-state index in [0.29, 0.717) is 29.5 Å². The summed E-state index contributed by atoms with van der Waals surface area (Å²) < 4.78 is 10.5. The van der Waals surface area contributed by atoms with E-state index < -0.39 is 5.97 Å². The second-order valence-electron chi connectivity index (χ2n) is 5.72. The van der Waals surface area contributed by atoms with Crippen LogP contribution in [-0.4, -0.2) is 29.7 Å². The minimum Gasteiger partial charge on any atom is -0.496 e. The van der Waals surface area contributed by atoms with Crippen LogP contribution in [-0.2, 0) is 11.3 Å². The van der Waals surface area contributed by atoms with Crippen molar-refractivity contribution >= 4 is 11.8 Å². The van der Waals surface area contributed by atoms with Crippen molar-refractivity contribution in [3.63, 3.8) is 0 Å². The number of anilines is 1. The fraction of sp³-hybridized carbons (Fsp3) is 0.190. The molecule has 0 saturated carbocycles. The first kappa shape index (κ1) is 18.4. The van der Waals surface area contributed by atoms with E-state index in [9.17, 15) is 4.79 Å². The summed E-state index contributed by atoms with van der Waals surface area (Å²) in [6.45, 7) is 2.57. The normalized spacial score (nSPS) is 10.3. The molecule has 0 aliphatic carbocycles. The van der Waals surface area contributed by atoms with Gasteiger partial charge in [0, 0.05) is 12.7 Å². The highest BCUT2D eigenvalue weighted by Gasteiger charge is 2.18. The largest absolute Gasteiger partial charge is 0.496 e. The van der Waals surface area contributed by atoms with Crippen LogP contribution in [0.3, 0.4) is 0 Å². The summed E-state index contributed by atoms with van der Waals surface area (Å²) >= 11 is 0. The molecule has 0 atom stereocenters. The smallest absolute Gasteiger partial charge is 0.343 e. The van der Waals surface area contributed by atoms with Crippen LogP contribution in [0, 0.1) is 0 Å². The zero-order chi connectivity index (χ0) is 19.1. The van der Waals surface area contributed by atoms with Crippen molar-refractivity contribution in [2.24, 2.45) is 0 Å². The van der Waals surface area contributed by atoms with Gasteiger partial charge in [-0.15, -0.1) is 0 Å². The molecule has 138 valence electrons. The predicted molar refractivity (Wildman–Crippen MR) is 104 cm³/mol. The Kier molecular flexibility index (Phi) is 5.99. The summed E-state index contributed by atoms with van der Waals surface area (Å²) in [6.07, 6.45) is 1.49. The fourth-order valence-corrected chi connectivity index (χ4v) is 2.62. The van der Waals surface area contributed by atoms with Gasteiger partial charge in [0.2, 0.25) is 0 Å². The number of hydrogen-bond acceptors (Lipinski definition) is 6. The lowest BCUT2D eigenvalue weighted by atomic mass is 10.1. The minimum absolute atomic E-state index is 0.283. The SMILES string of the molecule is CCOC(=O)c1cnc(-c2ccccc2OC)nc1NCc1ccccc1. The van der Waals surface area contributed by atoms with Gasteiger partial charge in [-0.25, -0.2) is 14.8 Å². The number of nitrogens with zero attached hydrogens (tertiary/aromatic N) is 2. The molecule has 3 rings (SSSR count). The Labute approximate surface area is 158 Å².